The van der Waals surface area contributed by atoms with Gasteiger partial charge in [0.15, 0.2) is 0 Å². The van der Waals surface area contributed by atoms with Gasteiger partial charge in [0.2, 0.25) is 10.0 Å². The number of rotatable bonds is 5. The van der Waals surface area contributed by atoms with Gasteiger partial charge in [-0.25, -0.2) is 8.42 Å². The van der Waals surface area contributed by atoms with Crippen molar-refractivity contribution >= 4 is 20.8 Å². The Labute approximate surface area is 122 Å². The Balaban J connectivity index is 2.19. The van der Waals surface area contributed by atoms with Crippen molar-refractivity contribution in [2.75, 3.05) is 31.1 Å². The summed E-state index contributed by atoms with van der Waals surface area (Å²) in [6.07, 6.45) is 1.65. The molecule has 0 bridgehead atoms. The number of aryl methyl sites for hydroxylation is 1. The molecule has 0 aromatic carbocycles. The van der Waals surface area contributed by atoms with E-state index in [0.717, 1.165) is 12.2 Å². The minimum absolute atomic E-state index is 0.320. The Morgan fingerprint density at radius 3 is 2.60 bits per heavy atom. The second kappa shape index (κ2) is 6.38. The minimum atomic E-state index is -3.46. The summed E-state index contributed by atoms with van der Waals surface area (Å²) < 4.78 is 39.6. The predicted molar refractivity (Wildman–Crippen MR) is 79.4 cm³/mol. The highest BCUT2D eigenvalue weighted by molar-refractivity contribution is 7.89. The maximum absolute atomic E-state index is 12.5. The molecule has 6 nitrogen and oxygen atoms in total. The van der Waals surface area contributed by atoms with E-state index in [1.807, 2.05) is 18.5 Å². The molecule has 1 saturated heterocycles. The molecule has 0 atom stereocenters. The molecule has 2 rings (SSSR count). The Morgan fingerprint density at radius 2 is 2.00 bits per heavy atom. The molecular formula is C12H21N3O3S2. The zero-order valence-corrected chi connectivity index (χ0v) is 13.5. The first-order chi connectivity index (χ1) is 9.45. The second-order valence-electron chi connectivity index (χ2n) is 4.81. The van der Waals surface area contributed by atoms with E-state index in [2.05, 4.69) is 5.32 Å². The number of sulfonamides is 1. The van der Waals surface area contributed by atoms with Crippen LogP contribution in [0.4, 0.5) is 0 Å². The van der Waals surface area contributed by atoms with E-state index in [9.17, 15) is 12.6 Å². The van der Waals surface area contributed by atoms with Gasteiger partial charge in [-0.15, -0.1) is 0 Å². The van der Waals surface area contributed by atoms with E-state index >= 15 is 0 Å². The summed E-state index contributed by atoms with van der Waals surface area (Å²) >= 11 is 0. The molecule has 114 valence electrons. The molecule has 0 amide bonds. The molecule has 1 aliphatic heterocycles. The third-order valence-corrected chi connectivity index (χ3v) is 6.55. The topological polar surface area (TPSA) is 71.4 Å². The molecular weight excluding hydrogens is 298 g/mol. The van der Waals surface area contributed by atoms with Crippen molar-refractivity contribution in [1.29, 1.82) is 0 Å². The van der Waals surface area contributed by atoms with E-state index < -0.39 is 20.8 Å². The molecule has 0 unspecified atom stereocenters. The van der Waals surface area contributed by atoms with Gasteiger partial charge < -0.3 is 9.88 Å². The first-order valence-electron chi connectivity index (χ1n) is 6.66. The molecule has 0 radical (unpaired) electrons. The van der Waals surface area contributed by atoms with Gasteiger partial charge >= 0.3 is 0 Å². The summed E-state index contributed by atoms with van der Waals surface area (Å²) in [6, 6.07) is 1.71. The molecule has 20 heavy (non-hydrogen) atoms. The monoisotopic (exact) mass is 319 g/mol. The Bertz CT molecular complexity index is 585. The second-order valence-corrected chi connectivity index (χ2v) is 8.44. The number of hydrogen-bond donors (Lipinski definition) is 1. The summed E-state index contributed by atoms with van der Waals surface area (Å²) in [4.78, 5) is 0.320. The maximum atomic E-state index is 12.5. The number of aromatic nitrogens is 1. The zero-order chi connectivity index (χ0) is 14.8. The van der Waals surface area contributed by atoms with Crippen molar-refractivity contribution in [3.05, 3.63) is 18.0 Å². The van der Waals surface area contributed by atoms with E-state index in [0.29, 0.717) is 36.0 Å². The van der Waals surface area contributed by atoms with Crippen LogP contribution in [0.1, 0.15) is 12.6 Å². The summed E-state index contributed by atoms with van der Waals surface area (Å²) in [5, 5.41) is 3.19. The quantitative estimate of drug-likeness (QED) is 0.822. The highest BCUT2D eigenvalue weighted by atomic mass is 32.2. The van der Waals surface area contributed by atoms with E-state index in [1.54, 1.807) is 12.3 Å². The summed E-state index contributed by atoms with van der Waals surface area (Å²) in [5.41, 5.74) is 0.936. The lowest BCUT2D eigenvalue weighted by Gasteiger charge is -2.24. The van der Waals surface area contributed by atoms with Crippen LogP contribution >= 0.6 is 0 Å². The van der Waals surface area contributed by atoms with Crippen LogP contribution in [0.5, 0.6) is 0 Å². The van der Waals surface area contributed by atoms with Gasteiger partial charge in [-0.05, 0) is 12.6 Å². The number of hydrogen-bond acceptors (Lipinski definition) is 4. The van der Waals surface area contributed by atoms with Crippen LogP contribution in [-0.4, -0.2) is 52.6 Å². The summed E-state index contributed by atoms with van der Waals surface area (Å²) in [6.45, 7) is 4.17. The van der Waals surface area contributed by atoms with Crippen LogP contribution in [0, 0.1) is 0 Å². The van der Waals surface area contributed by atoms with Gasteiger partial charge in [-0.2, -0.15) is 4.31 Å². The Kier molecular flexibility index (Phi) is 5.00. The Morgan fingerprint density at radius 1 is 1.35 bits per heavy atom. The van der Waals surface area contributed by atoms with Crippen molar-refractivity contribution < 1.29 is 12.6 Å². The van der Waals surface area contributed by atoms with Crippen LogP contribution in [0.15, 0.2) is 17.2 Å². The average molecular weight is 319 g/mol. The fraction of sp³-hybridized carbons (Fsp3) is 0.667. The molecule has 0 saturated carbocycles. The molecule has 1 aromatic rings. The first-order valence-corrected chi connectivity index (χ1v) is 9.59. The van der Waals surface area contributed by atoms with Gasteiger partial charge in [0.25, 0.3) is 0 Å². The molecule has 1 aliphatic rings. The van der Waals surface area contributed by atoms with Crippen LogP contribution in [-0.2, 0) is 34.4 Å². The standard InChI is InChI=1S/C12H21N3O3S2/c1-3-13-9-11-8-12(10-14(11)2)20(17,18)15-4-6-19(16)7-5-15/h8,10,13H,3-7,9H2,1-2H3. The van der Waals surface area contributed by atoms with Crippen molar-refractivity contribution in [3.63, 3.8) is 0 Å². The largest absolute Gasteiger partial charge is 0.352 e. The smallest absolute Gasteiger partial charge is 0.244 e. The van der Waals surface area contributed by atoms with Gasteiger partial charge in [0.05, 0.1) is 0 Å². The first kappa shape index (κ1) is 15.7. The molecule has 0 aliphatic carbocycles. The Hall–Kier alpha value is -0.700. The van der Waals surface area contributed by atoms with Crippen molar-refractivity contribution in [3.8, 4) is 0 Å². The van der Waals surface area contributed by atoms with E-state index in [4.69, 9.17) is 0 Å². The SMILES string of the molecule is CCNCc1cc(S(=O)(=O)N2CCS(=O)CC2)cn1C. The van der Waals surface area contributed by atoms with Gasteiger partial charge in [0, 0.05) is 60.9 Å². The van der Waals surface area contributed by atoms with Gasteiger partial charge in [-0.3, -0.25) is 4.21 Å². The third-order valence-electron chi connectivity index (χ3n) is 3.41. The minimum Gasteiger partial charge on any atom is -0.352 e. The fourth-order valence-electron chi connectivity index (χ4n) is 2.16. The van der Waals surface area contributed by atoms with Crippen molar-refractivity contribution in [2.45, 2.75) is 18.4 Å². The van der Waals surface area contributed by atoms with Crippen molar-refractivity contribution in [2.24, 2.45) is 7.05 Å². The average Bonchev–Trinajstić information content (AvgIpc) is 2.79. The highest BCUT2D eigenvalue weighted by Gasteiger charge is 2.29. The molecule has 0 spiro atoms. The third kappa shape index (κ3) is 3.30. The number of nitrogens with one attached hydrogen (secondary N) is 1. The van der Waals surface area contributed by atoms with E-state index in [-0.39, 0.29) is 0 Å². The highest BCUT2D eigenvalue weighted by Crippen LogP contribution is 2.20. The molecule has 1 fully saturated rings. The maximum Gasteiger partial charge on any atom is 0.244 e. The number of nitrogens with zero attached hydrogens (tertiary/aromatic N) is 2. The zero-order valence-electron chi connectivity index (χ0n) is 11.8. The molecule has 1 N–H and O–H groups in total. The van der Waals surface area contributed by atoms with Crippen LogP contribution in [0.2, 0.25) is 0 Å². The van der Waals surface area contributed by atoms with Crippen LogP contribution in [0.3, 0.4) is 0 Å². The lowest BCUT2D eigenvalue weighted by Crippen LogP contribution is -2.41. The molecule has 8 heteroatoms. The van der Waals surface area contributed by atoms with Crippen LogP contribution in [0.25, 0.3) is 0 Å². The normalized spacial score (nSPS) is 18.5. The lowest BCUT2D eigenvalue weighted by atomic mass is 10.4. The van der Waals surface area contributed by atoms with E-state index in [1.165, 1.54) is 4.31 Å². The summed E-state index contributed by atoms with van der Waals surface area (Å²) in [5.74, 6) is 0.854. The molecule has 2 heterocycles. The molecule has 1 aromatic heterocycles. The fourth-order valence-corrected chi connectivity index (χ4v) is 4.98. The predicted octanol–water partition coefficient (Wildman–Crippen LogP) is -0.112. The summed E-state index contributed by atoms with van der Waals surface area (Å²) in [7, 11) is -2.49. The lowest BCUT2D eigenvalue weighted by molar-refractivity contribution is 0.438. The van der Waals surface area contributed by atoms with Gasteiger partial charge in [0.1, 0.15) is 4.90 Å². The van der Waals surface area contributed by atoms with Gasteiger partial charge in [-0.1, -0.05) is 6.92 Å². The van der Waals surface area contributed by atoms with Crippen LogP contribution < -0.4 is 5.32 Å². The van der Waals surface area contributed by atoms with Crippen molar-refractivity contribution in [1.82, 2.24) is 14.2 Å².